The largest absolute Gasteiger partial charge is 0.321 e. The summed E-state index contributed by atoms with van der Waals surface area (Å²) in [6.45, 7) is 0. The normalized spacial score (nSPS) is 11.8. The van der Waals surface area contributed by atoms with Gasteiger partial charge in [0.2, 0.25) is 5.91 Å². The van der Waals surface area contributed by atoms with Crippen LogP contribution in [0.2, 0.25) is 15.1 Å². The number of aromatic nitrogens is 1. The van der Waals surface area contributed by atoms with E-state index in [0.717, 1.165) is 11.1 Å². The highest BCUT2D eigenvalue weighted by molar-refractivity contribution is 8.00. The number of carbonyl (C=O) groups excluding carboxylic acids is 3. The van der Waals surface area contributed by atoms with Crippen molar-refractivity contribution in [2.45, 2.75) is 10.1 Å². The van der Waals surface area contributed by atoms with Gasteiger partial charge in [-0.1, -0.05) is 102 Å². The molecule has 0 bridgehead atoms. The van der Waals surface area contributed by atoms with Crippen LogP contribution in [0.5, 0.6) is 0 Å². The van der Waals surface area contributed by atoms with Gasteiger partial charge in [0.1, 0.15) is 16.8 Å². The lowest BCUT2D eigenvalue weighted by atomic mass is 10.1. The molecule has 7 nitrogen and oxygen atoms in total. The van der Waals surface area contributed by atoms with Crippen LogP contribution in [0.15, 0.2) is 137 Å². The Labute approximate surface area is 321 Å². The van der Waals surface area contributed by atoms with E-state index in [1.165, 1.54) is 47.4 Å². The van der Waals surface area contributed by atoms with E-state index in [4.69, 9.17) is 34.8 Å². The van der Waals surface area contributed by atoms with Gasteiger partial charge < -0.3 is 16.0 Å². The number of rotatable bonds is 11. The topological polar surface area (TPSA) is 100 Å². The molecule has 6 aromatic rings. The molecule has 0 aliphatic heterocycles. The fourth-order valence-corrected chi connectivity index (χ4v) is 7.23. The van der Waals surface area contributed by atoms with Crippen molar-refractivity contribution in [3.8, 4) is 11.3 Å². The predicted molar refractivity (Wildman–Crippen MR) is 210 cm³/mol. The number of thioether (sulfide) groups is 1. The summed E-state index contributed by atoms with van der Waals surface area (Å²) in [5.41, 5.74) is 2.51. The van der Waals surface area contributed by atoms with Crippen molar-refractivity contribution in [1.82, 2.24) is 10.3 Å². The third-order valence-electron chi connectivity index (χ3n) is 7.45. The van der Waals surface area contributed by atoms with Crippen LogP contribution in [-0.4, -0.2) is 22.7 Å². The van der Waals surface area contributed by atoms with E-state index in [1.54, 1.807) is 66.7 Å². The molecule has 0 radical (unpaired) electrons. The van der Waals surface area contributed by atoms with E-state index in [0.29, 0.717) is 37.0 Å². The van der Waals surface area contributed by atoms with Crippen molar-refractivity contribution in [2.75, 3.05) is 10.6 Å². The number of nitrogens with zero attached hydrogens (tertiary/aromatic N) is 1. The van der Waals surface area contributed by atoms with Gasteiger partial charge in [0.25, 0.3) is 11.8 Å². The van der Waals surface area contributed by atoms with Gasteiger partial charge in [-0.2, -0.15) is 0 Å². The summed E-state index contributed by atoms with van der Waals surface area (Å²) < 4.78 is 14.8. The maximum Gasteiger partial charge on any atom is 0.272 e. The molecule has 52 heavy (non-hydrogen) atoms. The number of thiazole rings is 1. The van der Waals surface area contributed by atoms with Crippen LogP contribution >= 0.6 is 57.9 Å². The summed E-state index contributed by atoms with van der Waals surface area (Å²) in [5.74, 6) is -2.26. The Balaban J connectivity index is 1.22. The molecule has 1 heterocycles. The summed E-state index contributed by atoms with van der Waals surface area (Å²) in [6, 6.07) is 33.8. The number of halogens is 4. The summed E-state index contributed by atoms with van der Waals surface area (Å²) in [6.07, 6.45) is 1.19. The van der Waals surface area contributed by atoms with Crippen molar-refractivity contribution in [1.29, 1.82) is 0 Å². The molecule has 0 spiro atoms. The highest BCUT2D eigenvalue weighted by Crippen LogP contribution is 2.38. The molecule has 5 aromatic carbocycles. The minimum Gasteiger partial charge on any atom is -0.321 e. The van der Waals surface area contributed by atoms with E-state index in [2.05, 4.69) is 20.9 Å². The number of anilines is 2. The van der Waals surface area contributed by atoms with Gasteiger partial charge in [-0.3, -0.25) is 14.4 Å². The number of nitrogens with one attached hydrogen (secondary N) is 3. The van der Waals surface area contributed by atoms with Gasteiger partial charge in [-0.15, -0.1) is 23.1 Å². The highest BCUT2D eigenvalue weighted by atomic mass is 35.5. The van der Waals surface area contributed by atoms with Gasteiger partial charge in [0.15, 0.2) is 5.13 Å². The molecular formula is C39H26Cl3FN4O3S2. The second-order valence-corrected chi connectivity index (χ2v) is 14.3. The fourth-order valence-electron chi connectivity index (χ4n) is 4.91. The molecule has 0 fully saturated rings. The minimum atomic E-state index is -0.718. The fraction of sp³-hybridized carbons (Fsp3) is 0.0256. The lowest BCUT2D eigenvalue weighted by Crippen LogP contribution is -2.30. The van der Waals surface area contributed by atoms with Gasteiger partial charge in [0, 0.05) is 32.7 Å². The molecule has 3 N–H and O–H groups in total. The van der Waals surface area contributed by atoms with E-state index in [9.17, 15) is 18.8 Å². The Morgan fingerprint density at radius 2 is 1.50 bits per heavy atom. The van der Waals surface area contributed by atoms with Crippen molar-refractivity contribution in [3.05, 3.63) is 170 Å². The molecule has 1 aromatic heterocycles. The quantitative estimate of drug-likeness (QED) is 0.0897. The second kappa shape index (κ2) is 17.0. The summed E-state index contributed by atoms with van der Waals surface area (Å²) in [5, 5.41) is 10.7. The summed E-state index contributed by atoms with van der Waals surface area (Å²) >= 11 is 21.1. The first-order chi connectivity index (χ1) is 25.1. The molecule has 1 atom stereocenters. The lowest BCUT2D eigenvalue weighted by molar-refractivity contribution is -0.116. The molecule has 0 aliphatic rings. The highest BCUT2D eigenvalue weighted by Gasteiger charge is 2.24. The number of amides is 3. The number of hydrogen-bond acceptors (Lipinski definition) is 6. The Kier molecular flexibility index (Phi) is 12.1. The van der Waals surface area contributed by atoms with E-state index in [-0.39, 0.29) is 22.2 Å². The smallest absolute Gasteiger partial charge is 0.272 e. The maximum atomic E-state index is 14.8. The van der Waals surface area contributed by atoms with Gasteiger partial charge >= 0.3 is 0 Å². The first-order valence-corrected chi connectivity index (χ1v) is 18.4. The molecule has 13 heteroatoms. The standard InChI is InChI=1S/C39H26Cl3FN4O3S2/c40-29-15-8-16-32(43)28(29)21-33(45-36(48)24-11-5-2-6-12-24)37(49)44-26-13-7-14-27(20-26)52-35(23-9-3-1-4-10-23)38(50)47-39-46-34(22-51-39)25-17-18-30(41)31(42)19-25/h1-22,35H,(H,44,49)(H,45,48)(H,46,47,50)/b33-21+. The van der Waals surface area contributed by atoms with Crippen LogP contribution in [0.3, 0.4) is 0 Å². The van der Waals surface area contributed by atoms with Crippen LogP contribution in [0.1, 0.15) is 26.7 Å². The van der Waals surface area contributed by atoms with Gasteiger partial charge in [0.05, 0.1) is 20.8 Å². The Morgan fingerprint density at radius 1 is 0.769 bits per heavy atom. The van der Waals surface area contributed by atoms with Crippen LogP contribution in [0.25, 0.3) is 17.3 Å². The molecule has 0 aliphatic carbocycles. The molecule has 3 amide bonds. The lowest BCUT2D eigenvalue weighted by Gasteiger charge is -2.17. The molecular weight excluding hydrogens is 762 g/mol. The second-order valence-electron chi connectivity index (χ2n) is 11.1. The van der Waals surface area contributed by atoms with Crippen molar-refractivity contribution in [2.24, 2.45) is 0 Å². The molecule has 0 saturated heterocycles. The van der Waals surface area contributed by atoms with Crippen LogP contribution < -0.4 is 16.0 Å². The minimum absolute atomic E-state index is 0.0613. The van der Waals surface area contributed by atoms with E-state index < -0.39 is 22.9 Å². The summed E-state index contributed by atoms with van der Waals surface area (Å²) in [4.78, 5) is 45.8. The zero-order valence-electron chi connectivity index (χ0n) is 26.8. The first-order valence-electron chi connectivity index (χ1n) is 15.5. The number of benzene rings is 5. The molecule has 6 rings (SSSR count). The van der Waals surface area contributed by atoms with E-state index >= 15 is 0 Å². The number of hydrogen-bond donors (Lipinski definition) is 3. The first kappa shape index (κ1) is 36.8. The zero-order chi connectivity index (χ0) is 36.6. The Morgan fingerprint density at radius 3 is 2.23 bits per heavy atom. The third-order valence-corrected chi connectivity index (χ3v) is 10.5. The Bertz CT molecular complexity index is 2270. The number of carbonyl (C=O) groups is 3. The summed E-state index contributed by atoms with van der Waals surface area (Å²) in [7, 11) is 0. The van der Waals surface area contributed by atoms with Gasteiger partial charge in [-0.05, 0) is 66.2 Å². The Hall–Kier alpha value is -4.97. The van der Waals surface area contributed by atoms with Crippen molar-refractivity contribution in [3.63, 3.8) is 0 Å². The zero-order valence-corrected chi connectivity index (χ0v) is 30.7. The SMILES string of the molecule is O=C(Nc1cccc(SC(C(=O)Nc2nc(-c3ccc(Cl)c(Cl)c3)cs2)c2ccccc2)c1)/C(=C\c1c(F)cccc1Cl)NC(=O)c1ccccc1. The molecule has 1 unspecified atom stereocenters. The third kappa shape index (κ3) is 9.27. The predicted octanol–water partition coefficient (Wildman–Crippen LogP) is 10.8. The molecule has 260 valence electrons. The van der Waals surface area contributed by atoms with Gasteiger partial charge in [-0.25, -0.2) is 9.37 Å². The van der Waals surface area contributed by atoms with Crippen LogP contribution in [0, 0.1) is 5.82 Å². The van der Waals surface area contributed by atoms with Crippen molar-refractivity contribution >= 4 is 92.5 Å². The average molecular weight is 788 g/mol. The van der Waals surface area contributed by atoms with Crippen molar-refractivity contribution < 1.29 is 18.8 Å². The monoisotopic (exact) mass is 786 g/mol. The average Bonchev–Trinajstić information content (AvgIpc) is 3.62. The van der Waals surface area contributed by atoms with Crippen LogP contribution in [0.4, 0.5) is 15.2 Å². The molecule has 0 saturated carbocycles. The van der Waals surface area contributed by atoms with E-state index in [1.807, 2.05) is 41.8 Å². The van der Waals surface area contributed by atoms with Crippen LogP contribution in [-0.2, 0) is 9.59 Å². The maximum absolute atomic E-state index is 14.8.